The monoisotopic (exact) mass is 399 g/mol. The Labute approximate surface area is 165 Å². The van der Waals surface area contributed by atoms with Crippen molar-refractivity contribution in [1.82, 2.24) is 10.9 Å². The van der Waals surface area contributed by atoms with Crippen molar-refractivity contribution in [2.24, 2.45) is 5.92 Å². The van der Waals surface area contributed by atoms with Crippen LogP contribution in [0, 0.1) is 11.7 Å². The molecule has 29 heavy (non-hydrogen) atoms. The predicted molar refractivity (Wildman–Crippen MR) is 99.9 cm³/mol. The van der Waals surface area contributed by atoms with Gasteiger partial charge in [-0.1, -0.05) is 30.3 Å². The molecule has 0 aliphatic carbocycles. The van der Waals surface area contributed by atoms with Crippen LogP contribution in [0.4, 0.5) is 10.1 Å². The van der Waals surface area contributed by atoms with Gasteiger partial charge in [0.2, 0.25) is 5.91 Å². The summed E-state index contributed by atoms with van der Waals surface area (Å²) in [5.74, 6) is -3.79. The number of ether oxygens (including phenoxy) is 1. The lowest BCUT2D eigenvalue weighted by atomic mass is 10.1. The molecule has 150 valence electrons. The van der Waals surface area contributed by atoms with Gasteiger partial charge in [0.1, 0.15) is 5.82 Å². The number of carbonyl (C=O) groups excluding carboxylic acids is 4. The summed E-state index contributed by atoms with van der Waals surface area (Å²) in [4.78, 5) is 49.0. The first-order valence-electron chi connectivity index (χ1n) is 8.81. The number of hydrogen-bond acceptors (Lipinski definition) is 5. The Morgan fingerprint density at radius 1 is 1.03 bits per heavy atom. The highest BCUT2D eigenvalue weighted by Crippen LogP contribution is 2.27. The Kier molecular flexibility index (Phi) is 6.18. The summed E-state index contributed by atoms with van der Waals surface area (Å²) < 4.78 is 18.8. The Morgan fingerprint density at radius 2 is 1.72 bits per heavy atom. The molecule has 8 nitrogen and oxygen atoms in total. The maximum Gasteiger partial charge on any atom is 0.311 e. The van der Waals surface area contributed by atoms with Crippen LogP contribution in [0.5, 0.6) is 0 Å². The van der Waals surface area contributed by atoms with E-state index in [2.05, 4.69) is 10.9 Å². The quantitative estimate of drug-likeness (QED) is 0.580. The summed E-state index contributed by atoms with van der Waals surface area (Å²) in [6, 6.07) is 14.0. The second-order valence-corrected chi connectivity index (χ2v) is 6.33. The molecule has 1 fully saturated rings. The van der Waals surface area contributed by atoms with Crippen molar-refractivity contribution in [3.63, 3.8) is 0 Å². The molecule has 1 heterocycles. The number of carbonyl (C=O) groups is 4. The first-order chi connectivity index (χ1) is 14.0. The Morgan fingerprint density at radius 3 is 2.45 bits per heavy atom. The Hall–Kier alpha value is -3.75. The third kappa shape index (κ3) is 4.95. The van der Waals surface area contributed by atoms with Crippen molar-refractivity contribution >= 4 is 29.4 Å². The fourth-order valence-corrected chi connectivity index (χ4v) is 2.85. The number of amides is 3. The van der Waals surface area contributed by atoms with Crippen LogP contribution in [0.3, 0.4) is 0 Å². The van der Waals surface area contributed by atoms with Crippen LogP contribution in [0.25, 0.3) is 0 Å². The molecule has 0 bridgehead atoms. The summed E-state index contributed by atoms with van der Waals surface area (Å²) >= 11 is 0. The third-order valence-electron chi connectivity index (χ3n) is 4.30. The molecular weight excluding hydrogens is 381 g/mol. The van der Waals surface area contributed by atoms with Gasteiger partial charge in [-0.25, -0.2) is 4.39 Å². The molecule has 1 aliphatic heterocycles. The number of halogens is 1. The summed E-state index contributed by atoms with van der Waals surface area (Å²) in [6.45, 7) is -0.663. The lowest BCUT2D eigenvalue weighted by Gasteiger charge is -2.17. The summed E-state index contributed by atoms with van der Waals surface area (Å²) in [5, 5.41) is 0. The van der Waals surface area contributed by atoms with E-state index >= 15 is 0 Å². The minimum atomic E-state index is -0.811. The minimum absolute atomic E-state index is 0.0367. The summed E-state index contributed by atoms with van der Waals surface area (Å²) in [5.41, 5.74) is 4.78. The molecule has 0 spiro atoms. The first-order valence-corrected chi connectivity index (χ1v) is 8.81. The van der Waals surface area contributed by atoms with Crippen molar-refractivity contribution < 1.29 is 28.3 Å². The fourth-order valence-electron chi connectivity index (χ4n) is 2.85. The number of anilines is 1. The summed E-state index contributed by atoms with van der Waals surface area (Å²) in [6.07, 6.45) is -0.139. The molecular formula is C20H18FN3O5. The van der Waals surface area contributed by atoms with E-state index in [9.17, 15) is 23.6 Å². The molecule has 0 saturated carbocycles. The number of para-hydroxylation sites is 1. The zero-order chi connectivity index (χ0) is 20.8. The van der Waals surface area contributed by atoms with Gasteiger partial charge in [-0.2, -0.15) is 0 Å². The average Bonchev–Trinajstić information content (AvgIpc) is 3.12. The van der Waals surface area contributed by atoms with Crippen LogP contribution in [-0.4, -0.2) is 36.8 Å². The van der Waals surface area contributed by atoms with Crippen LogP contribution < -0.4 is 15.8 Å². The Bertz CT molecular complexity index is 935. The normalized spacial score (nSPS) is 15.7. The van der Waals surface area contributed by atoms with Gasteiger partial charge in [-0.05, 0) is 24.3 Å². The lowest BCUT2D eigenvalue weighted by Crippen LogP contribution is -2.43. The zero-order valence-electron chi connectivity index (χ0n) is 15.3. The van der Waals surface area contributed by atoms with Gasteiger partial charge in [0, 0.05) is 18.5 Å². The van der Waals surface area contributed by atoms with Crippen LogP contribution in [0.2, 0.25) is 0 Å². The number of hydrazine groups is 1. The van der Waals surface area contributed by atoms with E-state index in [1.807, 2.05) is 0 Å². The molecule has 1 saturated heterocycles. The van der Waals surface area contributed by atoms with Gasteiger partial charge < -0.3 is 9.64 Å². The van der Waals surface area contributed by atoms with E-state index in [1.54, 1.807) is 36.4 Å². The minimum Gasteiger partial charge on any atom is -0.455 e. The van der Waals surface area contributed by atoms with E-state index in [-0.39, 0.29) is 18.7 Å². The van der Waals surface area contributed by atoms with E-state index in [0.29, 0.717) is 5.56 Å². The maximum atomic E-state index is 13.9. The standard InChI is InChI=1S/C20H18FN3O5/c21-15-8-4-5-9-16(15)24-11-14(10-18(24)26)20(28)29-12-17(25)22-23-19(27)13-6-2-1-3-7-13/h1-9,14H,10-12H2,(H,22,25)(H,23,27)/t14-/m1/s1. The van der Waals surface area contributed by atoms with Crippen LogP contribution >= 0.6 is 0 Å². The molecule has 2 aromatic rings. The van der Waals surface area contributed by atoms with E-state index in [0.717, 1.165) is 0 Å². The molecule has 0 unspecified atom stereocenters. The molecule has 2 aromatic carbocycles. The molecule has 0 aromatic heterocycles. The number of benzene rings is 2. The molecule has 9 heteroatoms. The van der Waals surface area contributed by atoms with Crippen molar-refractivity contribution in [2.45, 2.75) is 6.42 Å². The molecule has 2 N–H and O–H groups in total. The molecule has 3 rings (SSSR count). The van der Waals surface area contributed by atoms with Gasteiger partial charge >= 0.3 is 5.97 Å². The molecule has 1 atom stereocenters. The second-order valence-electron chi connectivity index (χ2n) is 6.33. The number of nitrogens with zero attached hydrogens (tertiary/aromatic N) is 1. The Balaban J connectivity index is 1.46. The third-order valence-corrected chi connectivity index (χ3v) is 4.30. The maximum absolute atomic E-state index is 13.9. The number of hydrogen-bond donors (Lipinski definition) is 2. The topological polar surface area (TPSA) is 105 Å². The van der Waals surface area contributed by atoms with Gasteiger partial charge in [-0.15, -0.1) is 0 Å². The number of esters is 1. The molecule has 3 amide bonds. The van der Waals surface area contributed by atoms with E-state index < -0.39 is 42.0 Å². The van der Waals surface area contributed by atoms with E-state index in [1.165, 1.54) is 23.1 Å². The highest BCUT2D eigenvalue weighted by Gasteiger charge is 2.37. The van der Waals surface area contributed by atoms with Gasteiger partial charge in [0.05, 0.1) is 11.6 Å². The lowest BCUT2D eigenvalue weighted by molar-refractivity contribution is -0.152. The van der Waals surface area contributed by atoms with Crippen LogP contribution in [-0.2, 0) is 19.1 Å². The first kappa shape index (κ1) is 20.0. The summed E-state index contributed by atoms with van der Waals surface area (Å²) in [7, 11) is 0. The van der Waals surface area contributed by atoms with Gasteiger partial charge in [-0.3, -0.25) is 30.0 Å². The zero-order valence-corrected chi connectivity index (χ0v) is 15.3. The van der Waals surface area contributed by atoms with Crippen LogP contribution in [0.1, 0.15) is 16.8 Å². The van der Waals surface area contributed by atoms with Gasteiger partial charge in [0.25, 0.3) is 11.8 Å². The highest BCUT2D eigenvalue weighted by molar-refractivity contribution is 6.00. The van der Waals surface area contributed by atoms with Crippen LogP contribution in [0.15, 0.2) is 54.6 Å². The van der Waals surface area contributed by atoms with Gasteiger partial charge in [0.15, 0.2) is 6.61 Å². The number of nitrogens with one attached hydrogen (secondary N) is 2. The van der Waals surface area contributed by atoms with E-state index in [4.69, 9.17) is 4.74 Å². The number of rotatable bonds is 5. The highest BCUT2D eigenvalue weighted by atomic mass is 19.1. The SMILES string of the molecule is O=C(COC(=O)[C@@H]1CC(=O)N(c2ccccc2F)C1)NNC(=O)c1ccccc1. The van der Waals surface area contributed by atoms with Crippen molar-refractivity contribution in [3.05, 3.63) is 66.0 Å². The smallest absolute Gasteiger partial charge is 0.311 e. The van der Waals surface area contributed by atoms with Crippen molar-refractivity contribution in [2.75, 3.05) is 18.1 Å². The largest absolute Gasteiger partial charge is 0.455 e. The fraction of sp³-hybridized carbons (Fsp3) is 0.200. The molecule has 1 aliphatic rings. The molecule has 0 radical (unpaired) electrons. The van der Waals surface area contributed by atoms with Crippen molar-refractivity contribution in [1.29, 1.82) is 0 Å². The predicted octanol–water partition coefficient (Wildman–Crippen LogP) is 1.18. The van der Waals surface area contributed by atoms with Crippen molar-refractivity contribution in [3.8, 4) is 0 Å². The second kappa shape index (κ2) is 8.96. The average molecular weight is 399 g/mol.